The molecule has 0 spiro atoms. The Morgan fingerprint density at radius 3 is 1.34 bits per heavy atom. The molecule has 15 rings (SSSR count). The summed E-state index contributed by atoms with van der Waals surface area (Å²) in [4.78, 5) is 112. The number of aryl methyl sites for hydroxylation is 2. The van der Waals surface area contributed by atoms with Gasteiger partial charge in [0, 0.05) is 87.4 Å². The molecule has 0 radical (unpaired) electrons. The Bertz CT molecular complexity index is 4090. The zero-order valence-corrected chi connectivity index (χ0v) is 61.2. The van der Waals surface area contributed by atoms with Crippen molar-refractivity contribution in [3.8, 4) is 0 Å². The summed E-state index contributed by atoms with van der Waals surface area (Å²) in [6.45, 7) is 15.8. The molecular weight excluding hydrogens is 1370 g/mol. The molecular formula is C78H93Cl2N11O13. The number of alkyl carbamates (subject to hydrolysis) is 2. The number of imidazole rings is 2. The monoisotopic (exact) mass is 1460 g/mol. The minimum absolute atomic E-state index is 0. The highest BCUT2D eigenvalue weighted by molar-refractivity contribution is 6.31. The number of likely N-dealkylation sites (tertiary alicyclic amines) is 2. The number of halogens is 2. The van der Waals surface area contributed by atoms with Crippen LogP contribution in [0.2, 0.25) is 10.0 Å². The maximum absolute atomic E-state index is 13.3. The number of pyridine rings is 2. The van der Waals surface area contributed by atoms with Gasteiger partial charge in [0.05, 0.1) is 59.9 Å². The molecule has 7 heterocycles. The van der Waals surface area contributed by atoms with Gasteiger partial charge in [0.1, 0.15) is 28.0 Å². The molecule has 6 amide bonds. The van der Waals surface area contributed by atoms with Crippen molar-refractivity contribution in [2.24, 2.45) is 25.9 Å². The van der Waals surface area contributed by atoms with E-state index < -0.39 is 64.6 Å². The van der Waals surface area contributed by atoms with Crippen molar-refractivity contribution >= 4 is 88.8 Å². The van der Waals surface area contributed by atoms with Gasteiger partial charge in [0.2, 0.25) is 0 Å². The van der Waals surface area contributed by atoms with Crippen LogP contribution in [0.25, 0.3) is 23.3 Å². The summed E-state index contributed by atoms with van der Waals surface area (Å²) in [6.07, 6.45) is 22.8. The normalized spacial score (nSPS) is 21.1. The van der Waals surface area contributed by atoms with E-state index in [2.05, 4.69) is 61.9 Å². The van der Waals surface area contributed by atoms with E-state index in [0.717, 1.165) is 144 Å². The van der Waals surface area contributed by atoms with Gasteiger partial charge in [-0.25, -0.2) is 33.9 Å². The zero-order valence-electron chi connectivity index (χ0n) is 59.7. The molecule has 2 N–H and O–H groups in total. The largest absolute Gasteiger partial charge is 0.534 e. The fraction of sp³-hybridized carbons (Fsp3) is 0.500. The number of ether oxygens (including phenoxy) is 5. The summed E-state index contributed by atoms with van der Waals surface area (Å²) in [5, 5.41) is 8.02. The van der Waals surface area contributed by atoms with Crippen molar-refractivity contribution in [1.82, 2.24) is 54.6 Å². The molecule has 24 nitrogen and oxygen atoms in total. The van der Waals surface area contributed by atoms with E-state index in [1.807, 2.05) is 118 Å². The minimum Gasteiger partial charge on any atom is -0.444 e. The van der Waals surface area contributed by atoms with E-state index in [1.54, 1.807) is 36.9 Å². The van der Waals surface area contributed by atoms with Crippen LogP contribution in [0.4, 0.5) is 24.0 Å². The first-order valence-corrected chi connectivity index (χ1v) is 36.3. The lowest BCUT2D eigenvalue weighted by atomic mass is 9.75. The van der Waals surface area contributed by atoms with Crippen molar-refractivity contribution in [1.29, 1.82) is 0 Å². The molecule has 6 aliphatic carbocycles. The number of hydroxylamine groups is 2. The summed E-state index contributed by atoms with van der Waals surface area (Å²) in [5.74, 6) is -0.623. The van der Waals surface area contributed by atoms with E-state index in [0.29, 0.717) is 41.3 Å². The first-order valence-electron chi connectivity index (χ1n) is 35.6. The third kappa shape index (κ3) is 17.2. The number of hydrogen-bond donors (Lipinski definition) is 2. The molecule has 2 aromatic carbocycles. The Labute approximate surface area is 616 Å². The zero-order chi connectivity index (χ0) is 72.9. The number of fused-ring (bicyclic) bond motifs is 4. The molecule has 104 heavy (non-hydrogen) atoms. The Balaban J connectivity index is 0.000000162. The van der Waals surface area contributed by atoms with Crippen LogP contribution < -0.4 is 10.6 Å². The fourth-order valence-corrected chi connectivity index (χ4v) is 14.4. The number of carbonyl (C=O) groups is 7. The molecule has 3 aliphatic heterocycles. The van der Waals surface area contributed by atoms with Gasteiger partial charge in [-0.2, -0.15) is 0 Å². The summed E-state index contributed by atoms with van der Waals surface area (Å²) in [5.41, 5.74) is 9.26. The van der Waals surface area contributed by atoms with Crippen molar-refractivity contribution in [3.63, 3.8) is 0 Å². The van der Waals surface area contributed by atoms with Gasteiger partial charge in [-0.05, 0) is 230 Å². The van der Waals surface area contributed by atoms with Crippen molar-refractivity contribution in [2.75, 3.05) is 26.2 Å². The topological polar surface area (TPSA) is 270 Å². The molecule has 3 saturated heterocycles. The van der Waals surface area contributed by atoms with E-state index in [-0.39, 0.29) is 61.7 Å². The average Bonchev–Trinajstić information content (AvgIpc) is 1.74. The average molecular weight is 1460 g/mol. The highest BCUT2D eigenvalue weighted by atomic mass is 35.5. The lowest BCUT2D eigenvalue weighted by molar-refractivity contribution is -0.179. The predicted molar refractivity (Wildman–Crippen MR) is 389 cm³/mol. The highest BCUT2D eigenvalue weighted by Crippen LogP contribution is 2.51. The van der Waals surface area contributed by atoms with Gasteiger partial charge < -0.3 is 53.3 Å². The van der Waals surface area contributed by atoms with Gasteiger partial charge in [0.15, 0.2) is 0 Å². The molecule has 552 valence electrons. The Morgan fingerprint density at radius 2 is 0.952 bits per heavy atom. The number of aromatic nitrogens is 6. The first-order chi connectivity index (χ1) is 49.0. The number of amides is 6. The summed E-state index contributed by atoms with van der Waals surface area (Å²) in [7, 11) is 3.83. The van der Waals surface area contributed by atoms with Crippen LogP contribution in [-0.2, 0) is 52.2 Å². The van der Waals surface area contributed by atoms with Gasteiger partial charge in [0.25, 0.3) is 11.8 Å². The Hall–Kier alpha value is -9.29. The van der Waals surface area contributed by atoms with Crippen LogP contribution in [0.3, 0.4) is 0 Å². The smallest absolute Gasteiger partial charge is 0.444 e. The molecule has 4 unspecified atom stereocenters. The summed E-state index contributed by atoms with van der Waals surface area (Å²) >= 11 is 13.4. The van der Waals surface area contributed by atoms with Gasteiger partial charge >= 0.3 is 30.5 Å². The standard InChI is InChI=1S/C34H38ClN5O4.C34H40ClN5O4.C9H11NO5.CH4/c1-33(10-11-33)43-31(41)38-30(27-19-36-20-39(27)3)26-17-22-5-4-14-37-29(22)28(24-7-6-23(35)18-25(24)26)21-8-15-40(16-9-21)32(42)44-34(2)12-13-34;1-33(2,3)44-32(42)40-15-10-21(11-16-40)28-24-9-8-23(35)18-25(24)26(17-22-7-6-14-37-29(22)28)30(27-19-36-20-39(27)5)38-31(41)43-34(4)12-13-34;1-9(4-5-9)14-8(13)15-10-6(11)2-3-7(10)12;/h4-7,14,17-21,28,30H,8-13,15-16H2,1-3H3,(H,38,41);6-9,14,17-21,28,30H,10-13,15-16H2,1-5H3,(H,38,41);2-5H2,1H3;1H4. The lowest BCUT2D eigenvalue weighted by Gasteiger charge is -2.37. The number of hydrogen-bond acceptors (Lipinski definition) is 17. The molecule has 7 fully saturated rings. The predicted octanol–water partition coefficient (Wildman–Crippen LogP) is 15.4. The number of carbonyl (C=O) groups excluding carboxylic acids is 7. The number of rotatable bonds is 13. The highest BCUT2D eigenvalue weighted by Gasteiger charge is 2.48. The number of piperidine rings is 2. The Morgan fingerprint density at radius 1 is 0.558 bits per heavy atom. The molecule has 26 heteroatoms. The molecule has 0 bridgehead atoms. The van der Waals surface area contributed by atoms with Crippen LogP contribution in [0.1, 0.15) is 226 Å². The van der Waals surface area contributed by atoms with Gasteiger partial charge in [-0.15, -0.1) is 0 Å². The molecule has 9 aliphatic rings. The second kappa shape index (κ2) is 29.7. The Kier molecular flexibility index (Phi) is 21.2. The minimum atomic E-state index is -0.987. The van der Waals surface area contributed by atoms with E-state index in [4.69, 9.17) is 56.9 Å². The number of benzene rings is 2. The summed E-state index contributed by atoms with van der Waals surface area (Å²) in [6, 6.07) is 18.9. The molecule has 4 atom stereocenters. The second-order valence-electron chi connectivity index (χ2n) is 30.7. The molecule has 4 aromatic heterocycles. The van der Waals surface area contributed by atoms with Crippen LogP contribution in [0, 0.1) is 11.8 Å². The van der Waals surface area contributed by atoms with E-state index >= 15 is 0 Å². The maximum Gasteiger partial charge on any atom is 0.534 e. The maximum atomic E-state index is 13.3. The first kappa shape index (κ1) is 74.4. The van der Waals surface area contributed by atoms with Crippen molar-refractivity contribution < 1.29 is 62.1 Å². The van der Waals surface area contributed by atoms with E-state index in [1.165, 1.54) is 0 Å². The quantitative estimate of drug-likeness (QED) is 0.0618. The molecule has 4 saturated carbocycles. The third-order valence-corrected chi connectivity index (χ3v) is 21.5. The second-order valence-corrected chi connectivity index (χ2v) is 31.6. The van der Waals surface area contributed by atoms with Crippen LogP contribution in [0.15, 0.2) is 98.1 Å². The number of nitrogens with zero attached hydrogens (tertiary/aromatic N) is 9. The van der Waals surface area contributed by atoms with E-state index in [9.17, 15) is 33.6 Å². The van der Waals surface area contributed by atoms with Crippen molar-refractivity contribution in [2.45, 2.75) is 198 Å². The van der Waals surface area contributed by atoms with Gasteiger partial charge in [-0.1, -0.05) is 60.0 Å². The number of imide groups is 1. The third-order valence-electron chi connectivity index (χ3n) is 21.0. The van der Waals surface area contributed by atoms with Crippen molar-refractivity contribution in [3.05, 3.63) is 164 Å². The van der Waals surface area contributed by atoms with Crippen LogP contribution in [0.5, 0.6) is 0 Å². The SMILES string of the molecule is C.CC1(OC(=O)ON2C(=O)CCC2=O)CC1.Cn1cncc1C(NC(=O)OC1(C)CC1)C1=Cc2cccnc2C(C2CCN(C(=O)OC(C)(C)C)CC2)c2ccc(Cl)cc21.Cn1cncc1C(NC(=O)OC1(C)CC1)C1=Cc2cccnc2C(C2CCN(C(=O)OC3(C)CC3)CC2)c2ccc(Cl)cc21. The summed E-state index contributed by atoms with van der Waals surface area (Å²) < 4.78 is 31.8. The number of nitrogens with one attached hydrogen (secondary N) is 2. The fourth-order valence-electron chi connectivity index (χ4n) is 14.1. The van der Waals surface area contributed by atoms with Crippen LogP contribution in [-0.4, -0.2) is 140 Å². The molecule has 6 aromatic rings. The lowest BCUT2D eigenvalue weighted by Crippen LogP contribution is -2.42. The van der Waals surface area contributed by atoms with Gasteiger partial charge in [-0.3, -0.25) is 24.4 Å². The van der Waals surface area contributed by atoms with Crippen LogP contribution >= 0.6 is 23.2 Å².